The van der Waals surface area contributed by atoms with Gasteiger partial charge >= 0.3 is 0 Å². The monoisotopic (exact) mass is 285 g/mol. The summed E-state index contributed by atoms with van der Waals surface area (Å²) in [5, 5.41) is 1.37. The number of benzene rings is 1. The molecule has 3 heteroatoms. The minimum atomic E-state index is -1.73. The van der Waals surface area contributed by atoms with E-state index in [0.717, 1.165) is 16.5 Å². The largest absolute Gasteiger partial charge is 0.549 e. The first-order valence-corrected chi connectivity index (χ1v) is 9.90. The van der Waals surface area contributed by atoms with Crippen molar-refractivity contribution in [2.24, 2.45) is 0 Å². The second-order valence-corrected chi connectivity index (χ2v) is 11.4. The quantitative estimate of drug-likeness (QED) is 0.569. The van der Waals surface area contributed by atoms with E-state index in [4.69, 9.17) is 4.43 Å². The van der Waals surface area contributed by atoms with Gasteiger partial charge in [0.15, 0.2) is 0 Å². The van der Waals surface area contributed by atoms with Crippen LogP contribution in [0.4, 0.5) is 0 Å². The summed E-state index contributed by atoms with van der Waals surface area (Å²) in [6.45, 7) is 11.2. The Morgan fingerprint density at radius 2 is 1.80 bits per heavy atom. The van der Waals surface area contributed by atoms with E-state index >= 15 is 0 Å². The molecule has 20 heavy (non-hydrogen) atoms. The number of rotatable bonds is 3. The van der Waals surface area contributed by atoms with Gasteiger partial charge in [0.05, 0.1) is 11.8 Å². The van der Waals surface area contributed by atoms with Gasteiger partial charge in [0, 0.05) is 17.1 Å². The van der Waals surface area contributed by atoms with E-state index in [-0.39, 0.29) is 5.04 Å². The molecule has 0 N–H and O–H groups in total. The van der Waals surface area contributed by atoms with Gasteiger partial charge in [-0.2, -0.15) is 0 Å². The van der Waals surface area contributed by atoms with Crippen LogP contribution in [-0.4, -0.2) is 13.3 Å². The van der Waals surface area contributed by atoms with Crippen molar-refractivity contribution in [1.29, 1.82) is 0 Å². The van der Waals surface area contributed by atoms with Crippen molar-refractivity contribution in [2.45, 2.75) is 38.9 Å². The number of para-hydroxylation sites is 1. The molecule has 0 saturated heterocycles. The number of nitrogens with zero attached hydrogens (tertiary/aromatic N) is 1. The summed E-state index contributed by atoms with van der Waals surface area (Å²) in [6.07, 6.45) is 5.70. The second kappa shape index (κ2) is 5.41. The van der Waals surface area contributed by atoms with Crippen molar-refractivity contribution < 1.29 is 4.43 Å². The lowest BCUT2D eigenvalue weighted by Gasteiger charge is -2.34. The minimum Gasteiger partial charge on any atom is -0.549 e. The number of hydrogen-bond acceptors (Lipinski definition) is 2. The molecular formula is C17H23NOSi. The highest BCUT2D eigenvalue weighted by atomic mass is 28.4. The lowest BCUT2D eigenvalue weighted by Crippen LogP contribution is -2.39. The van der Waals surface area contributed by atoms with Crippen molar-refractivity contribution in [3.8, 4) is 0 Å². The molecule has 2 rings (SSSR count). The Morgan fingerprint density at radius 1 is 1.10 bits per heavy atom. The summed E-state index contributed by atoms with van der Waals surface area (Å²) in [5.41, 5.74) is 2.12. The Morgan fingerprint density at radius 3 is 2.50 bits per heavy atom. The van der Waals surface area contributed by atoms with Gasteiger partial charge in [-0.05, 0) is 30.3 Å². The van der Waals surface area contributed by atoms with E-state index < -0.39 is 8.32 Å². The summed E-state index contributed by atoms with van der Waals surface area (Å²) in [4.78, 5) is 4.45. The fourth-order valence-electron chi connectivity index (χ4n) is 1.72. The van der Waals surface area contributed by atoms with Crippen molar-refractivity contribution >= 4 is 25.3 Å². The van der Waals surface area contributed by atoms with Crippen LogP contribution in [0.25, 0.3) is 17.0 Å². The molecule has 1 aromatic carbocycles. The Kier molecular flexibility index (Phi) is 4.00. The fraction of sp³-hybridized carbons (Fsp3) is 0.353. The minimum absolute atomic E-state index is 0.217. The molecule has 0 aliphatic rings. The standard InChI is InChI=1S/C17H23NOSi/c1-17(2,3)20(4,5)19-13-11-15-9-6-8-14-10-7-12-18-16(14)15/h6-13H,1-5H3. The van der Waals surface area contributed by atoms with E-state index in [9.17, 15) is 0 Å². The molecule has 106 valence electrons. The maximum atomic E-state index is 6.08. The molecule has 0 saturated carbocycles. The molecule has 2 nitrogen and oxygen atoms in total. The molecule has 0 atom stereocenters. The zero-order valence-corrected chi connectivity index (χ0v) is 14.0. The molecule has 0 radical (unpaired) electrons. The number of pyridine rings is 1. The zero-order chi connectivity index (χ0) is 14.8. The lowest BCUT2D eigenvalue weighted by molar-refractivity contribution is 0.433. The molecule has 0 bridgehead atoms. The maximum Gasteiger partial charge on any atom is 0.249 e. The molecule has 0 fully saturated rings. The summed E-state index contributed by atoms with van der Waals surface area (Å²) >= 11 is 0. The first-order chi connectivity index (χ1) is 9.31. The van der Waals surface area contributed by atoms with Gasteiger partial charge in [0.25, 0.3) is 0 Å². The normalized spacial score (nSPS) is 13.1. The van der Waals surface area contributed by atoms with Crippen LogP contribution < -0.4 is 0 Å². The highest BCUT2D eigenvalue weighted by Gasteiger charge is 2.37. The number of fused-ring (bicyclic) bond motifs is 1. The Balaban J connectivity index is 2.23. The predicted octanol–water partition coefficient (Wildman–Crippen LogP) is 5.23. The van der Waals surface area contributed by atoms with E-state index in [0.29, 0.717) is 0 Å². The molecular weight excluding hydrogens is 262 g/mol. The summed E-state index contributed by atoms with van der Waals surface area (Å²) in [6, 6.07) is 10.2. The van der Waals surface area contributed by atoms with Crippen LogP contribution in [0, 0.1) is 0 Å². The predicted molar refractivity (Wildman–Crippen MR) is 89.1 cm³/mol. The van der Waals surface area contributed by atoms with Crippen LogP contribution in [0.3, 0.4) is 0 Å². The van der Waals surface area contributed by atoms with Crippen LogP contribution in [-0.2, 0) is 4.43 Å². The molecule has 0 unspecified atom stereocenters. The molecule has 0 amide bonds. The average Bonchev–Trinajstić information content (AvgIpc) is 2.37. The highest BCUT2D eigenvalue weighted by molar-refractivity contribution is 6.74. The summed E-state index contributed by atoms with van der Waals surface area (Å²) in [5.74, 6) is 0. The third kappa shape index (κ3) is 3.10. The van der Waals surface area contributed by atoms with Gasteiger partial charge in [-0.1, -0.05) is 45.0 Å². The van der Waals surface area contributed by atoms with E-state index in [1.807, 2.05) is 24.6 Å². The first-order valence-electron chi connectivity index (χ1n) is 6.99. The fourth-order valence-corrected chi connectivity index (χ4v) is 2.48. The zero-order valence-electron chi connectivity index (χ0n) is 13.0. The number of hydrogen-bond donors (Lipinski definition) is 0. The van der Waals surface area contributed by atoms with Gasteiger partial charge in [-0.25, -0.2) is 0 Å². The van der Waals surface area contributed by atoms with Crippen LogP contribution in [0.5, 0.6) is 0 Å². The van der Waals surface area contributed by atoms with Gasteiger partial charge in [-0.15, -0.1) is 0 Å². The van der Waals surface area contributed by atoms with Crippen LogP contribution >= 0.6 is 0 Å². The van der Waals surface area contributed by atoms with Gasteiger partial charge < -0.3 is 4.43 Å². The summed E-state index contributed by atoms with van der Waals surface area (Å²) < 4.78 is 6.08. The van der Waals surface area contributed by atoms with Crippen molar-refractivity contribution in [3.63, 3.8) is 0 Å². The van der Waals surface area contributed by atoms with E-state index in [2.05, 4.69) is 63.1 Å². The van der Waals surface area contributed by atoms with Gasteiger partial charge in [0.2, 0.25) is 8.32 Å². The van der Waals surface area contributed by atoms with Crippen molar-refractivity contribution in [2.75, 3.05) is 0 Å². The molecule has 1 heterocycles. The average molecular weight is 285 g/mol. The molecule has 0 aliphatic heterocycles. The molecule has 0 aliphatic carbocycles. The highest BCUT2D eigenvalue weighted by Crippen LogP contribution is 2.36. The van der Waals surface area contributed by atoms with Gasteiger partial charge in [-0.3, -0.25) is 4.98 Å². The molecule has 2 aromatic rings. The SMILES string of the molecule is CC(C)(C)[Si](C)(C)OC=Cc1cccc2cccnc12. The van der Waals surface area contributed by atoms with Crippen molar-refractivity contribution in [3.05, 3.63) is 48.4 Å². The van der Waals surface area contributed by atoms with Crippen molar-refractivity contribution in [1.82, 2.24) is 4.98 Å². The topological polar surface area (TPSA) is 22.1 Å². The Bertz CT molecular complexity index is 621. The molecule has 0 spiro atoms. The van der Waals surface area contributed by atoms with E-state index in [1.165, 1.54) is 0 Å². The second-order valence-electron chi connectivity index (χ2n) is 6.60. The number of aromatic nitrogens is 1. The third-order valence-corrected chi connectivity index (χ3v) is 8.42. The Labute approximate surface area is 122 Å². The molecule has 1 aromatic heterocycles. The van der Waals surface area contributed by atoms with Gasteiger partial charge in [0.1, 0.15) is 0 Å². The smallest absolute Gasteiger partial charge is 0.249 e. The summed E-state index contributed by atoms with van der Waals surface area (Å²) in [7, 11) is -1.73. The maximum absolute atomic E-state index is 6.08. The first kappa shape index (κ1) is 14.8. The third-order valence-electron chi connectivity index (χ3n) is 4.08. The van der Waals surface area contributed by atoms with E-state index in [1.54, 1.807) is 0 Å². The van der Waals surface area contributed by atoms with Crippen LogP contribution in [0.1, 0.15) is 26.3 Å². The lowest BCUT2D eigenvalue weighted by atomic mass is 10.1. The van der Waals surface area contributed by atoms with Crippen LogP contribution in [0.15, 0.2) is 42.8 Å². The Hall–Kier alpha value is -1.61. The van der Waals surface area contributed by atoms with Crippen LogP contribution in [0.2, 0.25) is 18.1 Å².